The number of nitrogens with zero attached hydrogens (tertiary/aromatic N) is 2. The Morgan fingerprint density at radius 3 is 2.03 bits per heavy atom. The Hall–Kier alpha value is -2.27. The SMILES string of the molecule is Cc1ccc(S(=O)(=O)N/N=C2/C3CCC(O)C2CN(S(=O)(=O)c2ccc(C)cc2)C3)cc1. The molecule has 0 spiro atoms. The normalized spacial score (nSPS) is 25.6. The number of hydrogen-bond donors (Lipinski definition) is 2. The molecule has 10 heteroatoms. The lowest BCUT2D eigenvalue weighted by Crippen LogP contribution is -2.55. The quantitative estimate of drug-likeness (QED) is 0.639. The molecule has 172 valence electrons. The lowest BCUT2D eigenvalue weighted by atomic mass is 9.75. The van der Waals surface area contributed by atoms with Gasteiger partial charge in [-0.1, -0.05) is 35.4 Å². The van der Waals surface area contributed by atoms with E-state index in [0.29, 0.717) is 18.6 Å². The highest BCUT2D eigenvalue weighted by Gasteiger charge is 2.45. The lowest BCUT2D eigenvalue weighted by Gasteiger charge is -2.43. The van der Waals surface area contributed by atoms with Gasteiger partial charge < -0.3 is 5.11 Å². The number of hydrazone groups is 1. The summed E-state index contributed by atoms with van der Waals surface area (Å²) in [6, 6.07) is 13.1. The topological polar surface area (TPSA) is 116 Å². The van der Waals surface area contributed by atoms with Gasteiger partial charge in [-0.15, -0.1) is 0 Å². The Kier molecular flexibility index (Phi) is 6.15. The zero-order valence-corrected chi connectivity index (χ0v) is 19.6. The number of rotatable bonds is 5. The maximum atomic E-state index is 13.2. The minimum atomic E-state index is -3.86. The standard InChI is InChI=1S/C22H27N3O5S2/c1-15-3-8-18(9-4-15)31(27,28)24-23-22-17-7-12-21(26)20(22)14-25(13-17)32(29,30)19-10-5-16(2)6-11-19/h3-6,8-11,17,20-21,24,26H,7,12-14H2,1-2H3/b23-22-. The molecule has 32 heavy (non-hydrogen) atoms. The number of aliphatic hydroxyl groups excluding tert-OH is 1. The van der Waals surface area contributed by atoms with Crippen LogP contribution in [0.2, 0.25) is 0 Å². The van der Waals surface area contributed by atoms with Crippen molar-refractivity contribution in [3.63, 3.8) is 0 Å². The molecule has 3 atom stereocenters. The fraction of sp³-hybridized carbons (Fsp3) is 0.409. The van der Waals surface area contributed by atoms with Crippen molar-refractivity contribution in [2.45, 2.75) is 42.6 Å². The maximum absolute atomic E-state index is 13.2. The fourth-order valence-corrected chi connectivity index (χ4v) is 6.61. The van der Waals surface area contributed by atoms with Crippen molar-refractivity contribution in [3.8, 4) is 0 Å². The van der Waals surface area contributed by atoms with Crippen molar-refractivity contribution in [1.29, 1.82) is 0 Å². The minimum Gasteiger partial charge on any atom is -0.392 e. The van der Waals surface area contributed by atoms with Gasteiger partial charge >= 0.3 is 0 Å². The molecule has 0 amide bonds. The highest BCUT2D eigenvalue weighted by atomic mass is 32.2. The third-order valence-corrected chi connectivity index (χ3v) is 9.25. The highest BCUT2D eigenvalue weighted by Crippen LogP contribution is 2.35. The van der Waals surface area contributed by atoms with E-state index >= 15 is 0 Å². The van der Waals surface area contributed by atoms with Crippen LogP contribution in [-0.4, -0.2) is 51.2 Å². The number of nitrogens with one attached hydrogen (secondary N) is 1. The van der Waals surface area contributed by atoms with E-state index in [-0.39, 0.29) is 28.8 Å². The van der Waals surface area contributed by atoms with Crippen molar-refractivity contribution in [2.75, 3.05) is 13.1 Å². The Balaban J connectivity index is 1.58. The number of fused-ring (bicyclic) bond motifs is 2. The molecule has 1 saturated carbocycles. The van der Waals surface area contributed by atoms with Crippen molar-refractivity contribution in [3.05, 3.63) is 59.7 Å². The minimum absolute atomic E-state index is 0.0545. The molecule has 2 aromatic carbocycles. The van der Waals surface area contributed by atoms with Crippen LogP contribution in [0.4, 0.5) is 0 Å². The zero-order valence-electron chi connectivity index (χ0n) is 18.0. The van der Waals surface area contributed by atoms with Crippen LogP contribution in [0.15, 0.2) is 63.4 Å². The van der Waals surface area contributed by atoms with Crippen LogP contribution in [-0.2, 0) is 20.0 Å². The van der Waals surface area contributed by atoms with Gasteiger partial charge in [0.25, 0.3) is 10.0 Å². The number of hydrogen-bond acceptors (Lipinski definition) is 6. The molecule has 1 aliphatic heterocycles. The van der Waals surface area contributed by atoms with E-state index in [1.54, 1.807) is 36.4 Å². The van der Waals surface area contributed by atoms with Gasteiger partial charge in [-0.05, 0) is 51.0 Å². The molecule has 3 unspecified atom stereocenters. The van der Waals surface area contributed by atoms with Gasteiger partial charge in [0, 0.05) is 24.9 Å². The lowest BCUT2D eigenvalue weighted by molar-refractivity contribution is 0.0777. The predicted octanol–water partition coefficient (Wildman–Crippen LogP) is 2.03. The van der Waals surface area contributed by atoms with Crippen LogP contribution in [0.3, 0.4) is 0 Å². The number of piperidine rings is 1. The van der Waals surface area contributed by atoms with Crippen LogP contribution >= 0.6 is 0 Å². The van der Waals surface area contributed by atoms with E-state index in [1.807, 2.05) is 13.8 Å². The average molecular weight is 478 g/mol. The van der Waals surface area contributed by atoms with E-state index in [4.69, 9.17) is 0 Å². The summed E-state index contributed by atoms with van der Waals surface area (Å²) in [5, 5.41) is 14.8. The number of benzene rings is 2. The Bertz CT molecular complexity index is 1220. The Morgan fingerprint density at radius 1 is 0.875 bits per heavy atom. The summed E-state index contributed by atoms with van der Waals surface area (Å²) in [5.41, 5.74) is 2.41. The first-order valence-electron chi connectivity index (χ1n) is 10.5. The van der Waals surface area contributed by atoms with Gasteiger partial charge in [-0.3, -0.25) is 0 Å². The predicted molar refractivity (Wildman–Crippen MR) is 121 cm³/mol. The van der Waals surface area contributed by atoms with Gasteiger partial charge in [0.1, 0.15) is 0 Å². The van der Waals surface area contributed by atoms with Crippen LogP contribution in [0.1, 0.15) is 24.0 Å². The second kappa shape index (κ2) is 8.58. The monoisotopic (exact) mass is 477 g/mol. The maximum Gasteiger partial charge on any atom is 0.276 e. The van der Waals surface area contributed by atoms with E-state index in [2.05, 4.69) is 9.93 Å². The first-order chi connectivity index (χ1) is 15.1. The molecule has 1 aliphatic carbocycles. The van der Waals surface area contributed by atoms with Crippen LogP contribution in [0.5, 0.6) is 0 Å². The fourth-order valence-electron chi connectivity index (χ4n) is 4.27. The number of aryl methyl sites for hydroxylation is 2. The van der Waals surface area contributed by atoms with E-state index in [0.717, 1.165) is 11.1 Å². The van der Waals surface area contributed by atoms with Gasteiger partial charge in [0.15, 0.2) is 0 Å². The Morgan fingerprint density at radius 2 is 1.44 bits per heavy atom. The molecular weight excluding hydrogens is 450 g/mol. The summed E-state index contributed by atoms with van der Waals surface area (Å²) in [4.78, 5) is 2.59. The third-order valence-electron chi connectivity index (χ3n) is 6.18. The third kappa shape index (κ3) is 4.45. The summed E-state index contributed by atoms with van der Waals surface area (Å²) in [6.45, 7) is 4.01. The van der Waals surface area contributed by atoms with Crippen molar-refractivity contribution >= 4 is 25.8 Å². The zero-order chi connectivity index (χ0) is 23.1. The highest BCUT2D eigenvalue weighted by molar-refractivity contribution is 7.89. The molecular formula is C22H27N3O5S2. The van der Waals surface area contributed by atoms with E-state index < -0.39 is 32.1 Å². The summed E-state index contributed by atoms with van der Waals surface area (Å²) in [7, 11) is -7.59. The second-order valence-electron chi connectivity index (χ2n) is 8.53. The number of sulfonamides is 2. The molecule has 0 aromatic heterocycles. The molecule has 8 nitrogen and oxygen atoms in total. The van der Waals surface area contributed by atoms with Crippen LogP contribution in [0.25, 0.3) is 0 Å². The molecule has 1 heterocycles. The summed E-state index contributed by atoms with van der Waals surface area (Å²) >= 11 is 0. The van der Waals surface area contributed by atoms with E-state index in [1.165, 1.54) is 16.4 Å². The molecule has 2 aromatic rings. The molecule has 0 radical (unpaired) electrons. The second-order valence-corrected chi connectivity index (χ2v) is 12.1. The van der Waals surface area contributed by atoms with Crippen molar-refractivity contribution in [2.24, 2.45) is 16.9 Å². The van der Waals surface area contributed by atoms with Gasteiger partial charge in [0.05, 0.1) is 21.6 Å². The van der Waals surface area contributed by atoms with Crippen molar-refractivity contribution < 1.29 is 21.9 Å². The van der Waals surface area contributed by atoms with Gasteiger partial charge in [-0.2, -0.15) is 17.8 Å². The first-order valence-corrected chi connectivity index (χ1v) is 13.4. The van der Waals surface area contributed by atoms with Gasteiger partial charge in [0.2, 0.25) is 10.0 Å². The van der Waals surface area contributed by atoms with Crippen molar-refractivity contribution in [1.82, 2.24) is 9.14 Å². The van der Waals surface area contributed by atoms with Crippen LogP contribution in [0, 0.1) is 25.7 Å². The average Bonchev–Trinajstić information content (AvgIpc) is 2.75. The van der Waals surface area contributed by atoms with E-state index in [9.17, 15) is 21.9 Å². The molecule has 1 saturated heterocycles. The van der Waals surface area contributed by atoms with Crippen LogP contribution < -0.4 is 4.83 Å². The molecule has 4 rings (SSSR count). The Labute approximate surface area is 189 Å². The first kappa shape index (κ1) is 22.9. The summed E-state index contributed by atoms with van der Waals surface area (Å²) in [6.07, 6.45) is 0.269. The largest absolute Gasteiger partial charge is 0.392 e. The molecule has 2 bridgehead atoms. The molecule has 2 aliphatic rings. The molecule has 2 fully saturated rings. The smallest absolute Gasteiger partial charge is 0.276 e. The van der Waals surface area contributed by atoms with Gasteiger partial charge in [-0.25, -0.2) is 13.2 Å². The summed E-state index contributed by atoms with van der Waals surface area (Å²) in [5.74, 6) is -0.832. The number of aliphatic hydroxyl groups is 1. The summed E-state index contributed by atoms with van der Waals surface area (Å²) < 4.78 is 53.0. The molecule has 2 N–H and O–H groups in total.